The Morgan fingerprint density at radius 3 is 2.64 bits per heavy atom. The van der Waals surface area contributed by atoms with Crippen LogP contribution < -0.4 is 0 Å². The molecule has 22 heavy (non-hydrogen) atoms. The summed E-state index contributed by atoms with van der Waals surface area (Å²) >= 11 is 0. The summed E-state index contributed by atoms with van der Waals surface area (Å²) in [6, 6.07) is 5.64. The maximum atomic E-state index is 13.2. The maximum absolute atomic E-state index is 13.2. The van der Waals surface area contributed by atoms with Crippen LogP contribution in [0.3, 0.4) is 0 Å². The Labute approximate surface area is 125 Å². The summed E-state index contributed by atoms with van der Waals surface area (Å²) in [7, 11) is 0. The Morgan fingerprint density at radius 1 is 1.36 bits per heavy atom. The van der Waals surface area contributed by atoms with Crippen molar-refractivity contribution in [2.75, 3.05) is 19.8 Å². The predicted molar refractivity (Wildman–Crippen MR) is 71.8 cm³/mol. The van der Waals surface area contributed by atoms with Crippen LogP contribution in [0.2, 0.25) is 0 Å². The minimum Gasteiger partial charge on any atom is -0.463 e. The fraction of sp³-hybridized carbons (Fsp3) is 0.400. The highest BCUT2D eigenvalue weighted by molar-refractivity contribution is 5.92. The molecule has 1 fully saturated rings. The molecule has 1 aromatic rings. The molecular formula is C15H15F3O4. The summed E-state index contributed by atoms with van der Waals surface area (Å²) < 4.78 is 54.6. The van der Waals surface area contributed by atoms with E-state index < -0.39 is 24.0 Å². The van der Waals surface area contributed by atoms with E-state index in [1.807, 2.05) is 0 Å². The molecule has 0 N–H and O–H groups in total. The zero-order valence-electron chi connectivity index (χ0n) is 11.9. The number of ether oxygens (including phenoxy) is 3. The van der Waals surface area contributed by atoms with Gasteiger partial charge in [0.1, 0.15) is 0 Å². The lowest BCUT2D eigenvalue weighted by Crippen LogP contribution is -2.14. The van der Waals surface area contributed by atoms with E-state index in [1.165, 1.54) is 25.1 Å². The number of allylic oxidation sites excluding steroid dienone is 1. The predicted octanol–water partition coefficient (Wildman–Crippen LogP) is 3.24. The van der Waals surface area contributed by atoms with Gasteiger partial charge in [-0.15, -0.1) is 0 Å². The molecule has 7 heteroatoms. The Hall–Kier alpha value is -1.86. The fourth-order valence-corrected chi connectivity index (χ4v) is 2.03. The van der Waals surface area contributed by atoms with E-state index >= 15 is 0 Å². The lowest BCUT2D eigenvalue weighted by Gasteiger charge is -2.15. The van der Waals surface area contributed by atoms with Gasteiger partial charge in [-0.3, -0.25) is 0 Å². The van der Waals surface area contributed by atoms with Crippen molar-refractivity contribution in [1.29, 1.82) is 0 Å². The number of rotatable bonds is 4. The molecule has 2 rings (SSSR count). The van der Waals surface area contributed by atoms with E-state index in [0.717, 1.165) is 0 Å². The Bertz CT molecular complexity index is 560. The Morgan fingerprint density at radius 2 is 2.05 bits per heavy atom. The van der Waals surface area contributed by atoms with Gasteiger partial charge in [-0.2, -0.15) is 13.2 Å². The molecule has 1 aromatic carbocycles. The molecule has 0 aromatic heterocycles. The highest BCUT2D eigenvalue weighted by Gasteiger charge is 2.36. The molecule has 0 amide bonds. The molecule has 1 saturated heterocycles. The minimum atomic E-state index is -4.68. The first-order chi connectivity index (χ1) is 10.4. The highest BCUT2D eigenvalue weighted by Crippen LogP contribution is 2.35. The first-order valence-electron chi connectivity index (χ1n) is 6.71. The van der Waals surface area contributed by atoms with E-state index in [4.69, 9.17) is 9.47 Å². The maximum Gasteiger partial charge on any atom is 0.417 e. The van der Waals surface area contributed by atoms with Gasteiger partial charge >= 0.3 is 12.1 Å². The first kappa shape index (κ1) is 16.5. The van der Waals surface area contributed by atoms with Gasteiger partial charge in [0, 0.05) is 11.6 Å². The van der Waals surface area contributed by atoms with Gasteiger partial charge in [0.05, 0.1) is 25.4 Å². The van der Waals surface area contributed by atoms with Crippen LogP contribution in [0.1, 0.15) is 24.3 Å². The van der Waals surface area contributed by atoms with E-state index in [0.29, 0.717) is 24.9 Å². The molecule has 120 valence electrons. The SMILES string of the molecule is CCOC(=O)C=C(c1cccc(C2OCCO2)c1)C(F)(F)F. The van der Waals surface area contributed by atoms with Crippen LogP contribution in [0.15, 0.2) is 30.3 Å². The zero-order chi connectivity index (χ0) is 16.2. The van der Waals surface area contributed by atoms with E-state index in [2.05, 4.69) is 4.74 Å². The van der Waals surface area contributed by atoms with Crippen molar-refractivity contribution in [1.82, 2.24) is 0 Å². The van der Waals surface area contributed by atoms with Gasteiger partial charge in [-0.1, -0.05) is 18.2 Å². The number of carbonyl (C=O) groups excluding carboxylic acids is 1. The van der Waals surface area contributed by atoms with Crippen molar-refractivity contribution in [2.24, 2.45) is 0 Å². The number of carbonyl (C=O) groups is 1. The summed E-state index contributed by atoms with van der Waals surface area (Å²) in [6.45, 7) is 2.30. The average Bonchev–Trinajstić information content (AvgIpc) is 2.98. The summed E-state index contributed by atoms with van der Waals surface area (Å²) in [5, 5.41) is 0. The third-order valence-corrected chi connectivity index (χ3v) is 2.95. The third-order valence-electron chi connectivity index (χ3n) is 2.95. The molecule has 0 saturated carbocycles. The van der Waals surface area contributed by atoms with Crippen molar-refractivity contribution in [2.45, 2.75) is 19.4 Å². The monoisotopic (exact) mass is 316 g/mol. The van der Waals surface area contributed by atoms with Crippen LogP contribution in [0.5, 0.6) is 0 Å². The lowest BCUT2D eigenvalue weighted by atomic mass is 10.0. The second-order valence-electron chi connectivity index (χ2n) is 4.51. The number of alkyl halides is 3. The van der Waals surface area contributed by atoms with Crippen LogP contribution in [0, 0.1) is 0 Å². The normalized spacial score (nSPS) is 16.8. The van der Waals surface area contributed by atoms with E-state index in [9.17, 15) is 18.0 Å². The second kappa shape index (κ2) is 6.93. The molecule has 1 aliphatic rings. The Balaban J connectivity index is 2.35. The standard InChI is InChI=1S/C15H15F3O4/c1-2-20-13(19)9-12(15(16,17)18)10-4-3-5-11(8-10)14-21-6-7-22-14/h3-5,8-9,14H,2,6-7H2,1H3. The first-order valence-corrected chi connectivity index (χ1v) is 6.71. The molecule has 0 radical (unpaired) electrons. The lowest BCUT2D eigenvalue weighted by molar-refractivity contribution is -0.137. The molecule has 0 atom stereocenters. The van der Waals surface area contributed by atoms with Crippen molar-refractivity contribution in [3.05, 3.63) is 41.5 Å². The van der Waals surface area contributed by atoms with E-state index in [-0.39, 0.29) is 12.2 Å². The smallest absolute Gasteiger partial charge is 0.417 e. The van der Waals surface area contributed by atoms with Gasteiger partial charge in [-0.05, 0) is 18.6 Å². The molecule has 1 heterocycles. The molecule has 0 bridgehead atoms. The summed E-state index contributed by atoms with van der Waals surface area (Å²) in [6.07, 6.45) is -4.90. The molecule has 0 unspecified atom stereocenters. The van der Waals surface area contributed by atoms with Gasteiger partial charge in [-0.25, -0.2) is 4.79 Å². The van der Waals surface area contributed by atoms with Crippen molar-refractivity contribution < 1.29 is 32.2 Å². The van der Waals surface area contributed by atoms with Gasteiger partial charge in [0.25, 0.3) is 0 Å². The number of halogens is 3. The summed E-state index contributed by atoms with van der Waals surface area (Å²) in [4.78, 5) is 11.4. The van der Waals surface area contributed by atoms with Gasteiger partial charge in [0.2, 0.25) is 0 Å². The third kappa shape index (κ3) is 4.08. The summed E-state index contributed by atoms with van der Waals surface area (Å²) in [5.41, 5.74) is -0.739. The van der Waals surface area contributed by atoms with Gasteiger partial charge < -0.3 is 14.2 Å². The van der Waals surface area contributed by atoms with Crippen molar-refractivity contribution in [3.63, 3.8) is 0 Å². The summed E-state index contributed by atoms with van der Waals surface area (Å²) in [5.74, 6) is -1.03. The Kier molecular flexibility index (Phi) is 5.20. The number of hydrogen-bond donors (Lipinski definition) is 0. The zero-order valence-corrected chi connectivity index (χ0v) is 11.9. The van der Waals surface area contributed by atoms with Gasteiger partial charge in [0.15, 0.2) is 6.29 Å². The van der Waals surface area contributed by atoms with Crippen molar-refractivity contribution >= 4 is 11.5 Å². The quantitative estimate of drug-likeness (QED) is 0.632. The average molecular weight is 316 g/mol. The minimum absolute atomic E-state index is 0.00423. The largest absolute Gasteiger partial charge is 0.463 e. The van der Waals surface area contributed by atoms with Crippen LogP contribution in [0.4, 0.5) is 13.2 Å². The van der Waals surface area contributed by atoms with E-state index in [1.54, 1.807) is 6.07 Å². The topological polar surface area (TPSA) is 44.8 Å². The number of esters is 1. The highest BCUT2D eigenvalue weighted by atomic mass is 19.4. The molecule has 4 nitrogen and oxygen atoms in total. The molecule has 1 aliphatic heterocycles. The second-order valence-corrected chi connectivity index (χ2v) is 4.51. The van der Waals surface area contributed by atoms with Crippen molar-refractivity contribution in [3.8, 4) is 0 Å². The molecule has 0 aliphatic carbocycles. The van der Waals surface area contributed by atoms with Crippen LogP contribution in [0.25, 0.3) is 5.57 Å². The molecule has 0 spiro atoms. The van der Waals surface area contributed by atoms with Crippen LogP contribution in [-0.4, -0.2) is 32.0 Å². The fourth-order valence-electron chi connectivity index (χ4n) is 2.03. The molecular weight excluding hydrogens is 301 g/mol. The number of benzene rings is 1. The van der Waals surface area contributed by atoms with Crippen LogP contribution >= 0.6 is 0 Å². The van der Waals surface area contributed by atoms with Crippen LogP contribution in [-0.2, 0) is 19.0 Å². The number of hydrogen-bond acceptors (Lipinski definition) is 4.